The topological polar surface area (TPSA) is 44.6 Å². The van der Waals surface area contributed by atoms with Crippen LogP contribution in [0.3, 0.4) is 0 Å². The molecule has 0 unspecified atom stereocenters. The van der Waals surface area contributed by atoms with Crippen molar-refractivity contribution in [1.82, 2.24) is 5.48 Å². The van der Waals surface area contributed by atoms with Gasteiger partial charge in [-0.3, -0.25) is 10.7 Å². The van der Waals surface area contributed by atoms with Gasteiger partial charge in [0.15, 0.2) is 5.84 Å². The van der Waals surface area contributed by atoms with Crippen LogP contribution in [-0.4, -0.2) is 11.0 Å². The zero-order chi connectivity index (χ0) is 11.2. The average Bonchev–Trinajstić information content (AvgIpc) is 2.38. The fraction of sp³-hybridized carbons (Fsp3) is 0. The van der Waals surface area contributed by atoms with Gasteiger partial charge in [0.25, 0.3) is 0 Å². The summed E-state index contributed by atoms with van der Waals surface area (Å²) in [7, 11) is 0. The molecule has 80 valence electrons. The van der Waals surface area contributed by atoms with Gasteiger partial charge < -0.3 is 0 Å². The third-order valence-corrected chi connectivity index (χ3v) is 2.15. The quantitative estimate of drug-likeness (QED) is 0.456. The molecule has 3 nitrogen and oxygen atoms in total. The van der Waals surface area contributed by atoms with E-state index in [2.05, 4.69) is 10.5 Å². The Bertz CT molecular complexity index is 466. The second-order valence-electron chi connectivity index (χ2n) is 3.27. The maximum atomic E-state index is 9.06. The van der Waals surface area contributed by atoms with Crippen molar-refractivity contribution in [1.29, 1.82) is 0 Å². The first-order chi connectivity index (χ1) is 7.90. The Morgan fingerprint density at radius 1 is 0.875 bits per heavy atom. The Morgan fingerprint density at radius 2 is 1.44 bits per heavy atom. The molecule has 0 aliphatic heterocycles. The molecule has 0 radical (unpaired) electrons. The first kappa shape index (κ1) is 10.4. The van der Waals surface area contributed by atoms with Gasteiger partial charge in [-0.1, -0.05) is 48.5 Å². The lowest BCUT2D eigenvalue weighted by molar-refractivity contribution is 0.235. The zero-order valence-corrected chi connectivity index (χ0v) is 8.67. The average molecular weight is 212 g/mol. The summed E-state index contributed by atoms with van der Waals surface area (Å²) in [5, 5.41) is 9.06. The Labute approximate surface area is 94.0 Å². The number of hydroxylamine groups is 1. The van der Waals surface area contributed by atoms with Gasteiger partial charge in [-0.15, -0.1) is 0 Å². The maximum absolute atomic E-state index is 9.06. The van der Waals surface area contributed by atoms with Crippen molar-refractivity contribution in [2.75, 3.05) is 0 Å². The molecule has 3 heteroatoms. The second kappa shape index (κ2) is 5.09. The van der Waals surface area contributed by atoms with Gasteiger partial charge in [-0.05, 0) is 12.1 Å². The monoisotopic (exact) mass is 212 g/mol. The normalized spacial score (nSPS) is 11.2. The minimum atomic E-state index is 0.437. The predicted molar refractivity (Wildman–Crippen MR) is 64.0 cm³/mol. The molecule has 2 aromatic rings. The van der Waals surface area contributed by atoms with Crippen molar-refractivity contribution in [3.63, 3.8) is 0 Å². The number of hydrogen-bond acceptors (Lipinski definition) is 2. The molecule has 2 N–H and O–H groups in total. The number of amidine groups is 1. The summed E-state index contributed by atoms with van der Waals surface area (Å²) in [4.78, 5) is 4.30. The fourth-order valence-corrected chi connectivity index (χ4v) is 1.38. The molecular weight excluding hydrogens is 200 g/mol. The Kier molecular flexibility index (Phi) is 3.31. The fourth-order valence-electron chi connectivity index (χ4n) is 1.38. The highest BCUT2D eigenvalue weighted by molar-refractivity contribution is 5.99. The van der Waals surface area contributed by atoms with E-state index in [4.69, 9.17) is 5.21 Å². The van der Waals surface area contributed by atoms with Crippen molar-refractivity contribution in [2.45, 2.75) is 0 Å². The van der Waals surface area contributed by atoms with Gasteiger partial charge in [0.05, 0.1) is 5.69 Å². The third-order valence-electron chi connectivity index (χ3n) is 2.15. The van der Waals surface area contributed by atoms with Crippen molar-refractivity contribution >= 4 is 11.5 Å². The molecule has 2 rings (SSSR count). The van der Waals surface area contributed by atoms with Gasteiger partial charge in [-0.2, -0.15) is 0 Å². The third kappa shape index (κ3) is 2.46. The van der Waals surface area contributed by atoms with E-state index in [-0.39, 0.29) is 0 Å². The van der Waals surface area contributed by atoms with Crippen molar-refractivity contribution < 1.29 is 5.21 Å². The summed E-state index contributed by atoms with van der Waals surface area (Å²) in [6.07, 6.45) is 0. The SMILES string of the molecule is ONC(=Nc1ccccc1)c1ccccc1. The van der Waals surface area contributed by atoms with Crippen LogP contribution >= 0.6 is 0 Å². The Morgan fingerprint density at radius 3 is 2.00 bits per heavy atom. The van der Waals surface area contributed by atoms with E-state index in [0.717, 1.165) is 11.3 Å². The molecule has 0 atom stereocenters. The number of nitrogens with one attached hydrogen (secondary N) is 1. The van der Waals surface area contributed by atoms with Gasteiger partial charge >= 0.3 is 0 Å². The number of nitrogens with zero attached hydrogens (tertiary/aromatic N) is 1. The molecule has 0 heterocycles. The van der Waals surface area contributed by atoms with Gasteiger partial charge in [0.1, 0.15) is 0 Å². The molecule has 0 aliphatic rings. The molecule has 16 heavy (non-hydrogen) atoms. The number of rotatable bonds is 2. The van der Waals surface area contributed by atoms with Crippen molar-refractivity contribution in [2.24, 2.45) is 4.99 Å². The molecule has 2 aromatic carbocycles. The molecule has 0 aromatic heterocycles. The van der Waals surface area contributed by atoms with Crippen LogP contribution in [0.2, 0.25) is 0 Å². The summed E-state index contributed by atoms with van der Waals surface area (Å²) in [6.45, 7) is 0. The Hall–Kier alpha value is -2.13. The van der Waals surface area contributed by atoms with E-state index < -0.39 is 0 Å². The smallest absolute Gasteiger partial charge is 0.157 e. The number of benzene rings is 2. The first-order valence-corrected chi connectivity index (χ1v) is 4.99. The summed E-state index contributed by atoms with van der Waals surface area (Å²) in [6, 6.07) is 18.9. The molecule has 0 fully saturated rings. The van der Waals surface area contributed by atoms with Crippen LogP contribution in [0.5, 0.6) is 0 Å². The van der Waals surface area contributed by atoms with E-state index >= 15 is 0 Å². The Balaban J connectivity index is 2.34. The summed E-state index contributed by atoms with van der Waals surface area (Å²) in [5.41, 5.74) is 3.75. The highest BCUT2D eigenvalue weighted by Crippen LogP contribution is 2.11. The van der Waals surface area contributed by atoms with Crippen LogP contribution in [0.1, 0.15) is 5.56 Å². The van der Waals surface area contributed by atoms with Crippen LogP contribution < -0.4 is 5.48 Å². The molecule has 0 aliphatic carbocycles. The summed E-state index contributed by atoms with van der Waals surface area (Å²) >= 11 is 0. The number of aliphatic imine (C=N–C) groups is 1. The van der Waals surface area contributed by atoms with Gasteiger partial charge in [0.2, 0.25) is 0 Å². The second-order valence-corrected chi connectivity index (χ2v) is 3.27. The highest BCUT2D eigenvalue weighted by atomic mass is 16.5. The van der Waals surface area contributed by atoms with Crippen LogP contribution in [0.15, 0.2) is 65.7 Å². The minimum Gasteiger partial charge on any atom is -0.290 e. The van der Waals surface area contributed by atoms with E-state index in [9.17, 15) is 0 Å². The minimum absolute atomic E-state index is 0.437. The van der Waals surface area contributed by atoms with E-state index in [1.165, 1.54) is 0 Å². The van der Waals surface area contributed by atoms with Gasteiger partial charge in [0, 0.05) is 5.56 Å². The lowest BCUT2D eigenvalue weighted by Gasteiger charge is -2.04. The summed E-state index contributed by atoms with van der Waals surface area (Å²) in [5.74, 6) is 0.437. The largest absolute Gasteiger partial charge is 0.290 e. The highest BCUT2D eigenvalue weighted by Gasteiger charge is 2.00. The molecule has 0 spiro atoms. The number of para-hydroxylation sites is 1. The lowest BCUT2D eigenvalue weighted by atomic mass is 10.2. The van der Waals surface area contributed by atoms with E-state index in [0.29, 0.717) is 5.84 Å². The molecule has 0 amide bonds. The predicted octanol–water partition coefficient (Wildman–Crippen LogP) is 2.74. The van der Waals surface area contributed by atoms with E-state index in [1.54, 1.807) is 0 Å². The van der Waals surface area contributed by atoms with Crippen molar-refractivity contribution in [3.8, 4) is 0 Å². The van der Waals surface area contributed by atoms with Crippen molar-refractivity contribution in [3.05, 3.63) is 66.2 Å². The van der Waals surface area contributed by atoms with Gasteiger partial charge in [-0.25, -0.2) is 4.99 Å². The zero-order valence-electron chi connectivity index (χ0n) is 8.67. The maximum Gasteiger partial charge on any atom is 0.157 e. The van der Waals surface area contributed by atoms with Crippen LogP contribution in [0, 0.1) is 0 Å². The lowest BCUT2D eigenvalue weighted by Crippen LogP contribution is -2.19. The molecular formula is C13H12N2O. The van der Waals surface area contributed by atoms with Crippen LogP contribution in [0.25, 0.3) is 0 Å². The molecule has 0 bridgehead atoms. The van der Waals surface area contributed by atoms with E-state index in [1.807, 2.05) is 60.7 Å². The number of hydrogen-bond donors (Lipinski definition) is 2. The molecule has 0 saturated carbocycles. The first-order valence-electron chi connectivity index (χ1n) is 4.99. The summed E-state index contributed by atoms with van der Waals surface area (Å²) < 4.78 is 0. The standard InChI is InChI=1S/C13H12N2O/c16-15-13(11-7-3-1-4-8-11)14-12-9-5-2-6-10-12/h1-10,16H,(H,14,15). The molecule has 0 saturated heterocycles. The van der Waals surface area contributed by atoms with Crippen LogP contribution in [-0.2, 0) is 0 Å². The van der Waals surface area contributed by atoms with Crippen LogP contribution in [0.4, 0.5) is 5.69 Å².